The molecule has 1 fully saturated rings. The average Bonchev–Trinajstić information content (AvgIpc) is 3.16. The van der Waals surface area contributed by atoms with Crippen molar-refractivity contribution in [1.82, 2.24) is 0 Å². The van der Waals surface area contributed by atoms with E-state index in [1.165, 1.54) is 31.3 Å². The Morgan fingerprint density at radius 1 is 1.23 bits per heavy atom. The number of nitro benzene ring substituents is 1. The number of benzene rings is 1. The molecule has 5 heteroatoms. The molecule has 0 amide bonds. The molecule has 116 valence electrons. The number of nitrogens with zero attached hydrogens (tertiary/aromatic N) is 2. The summed E-state index contributed by atoms with van der Waals surface area (Å²) in [7, 11) is 0. The third-order valence-electron chi connectivity index (χ3n) is 5.06. The summed E-state index contributed by atoms with van der Waals surface area (Å²) in [5.74, 6) is 0.530. The average molecular weight is 300 g/mol. The van der Waals surface area contributed by atoms with E-state index in [0.717, 1.165) is 24.0 Å². The first-order valence-corrected chi connectivity index (χ1v) is 7.92. The molecule has 0 heterocycles. The van der Waals surface area contributed by atoms with Crippen LogP contribution in [0.3, 0.4) is 0 Å². The highest BCUT2D eigenvalue weighted by Crippen LogP contribution is 2.45. The van der Waals surface area contributed by atoms with Crippen LogP contribution in [0.5, 0.6) is 0 Å². The highest BCUT2D eigenvalue weighted by atomic mass is 16.6. The lowest BCUT2D eigenvalue weighted by atomic mass is 9.90. The number of nitroso groups, excluding NO2 is 1. The summed E-state index contributed by atoms with van der Waals surface area (Å²) in [5.41, 5.74) is 3.85. The fourth-order valence-corrected chi connectivity index (χ4v) is 3.94. The van der Waals surface area contributed by atoms with Crippen molar-refractivity contribution in [3.8, 4) is 0 Å². The van der Waals surface area contributed by atoms with Crippen LogP contribution in [0.4, 0.5) is 5.69 Å². The first-order chi connectivity index (χ1) is 10.6. The number of hydrogen-bond acceptors (Lipinski definition) is 4. The summed E-state index contributed by atoms with van der Waals surface area (Å²) in [6.45, 7) is 1.73. The lowest BCUT2D eigenvalue weighted by molar-refractivity contribution is -0.385. The molecular weight excluding hydrogens is 280 g/mol. The van der Waals surface area contributed by atoms with Gasteiger partial charge in [0.05, 0.1) is 4.92 Å². The molecule has 1 aromatic carbocycles. The Balaban J connectivity index is 2.08. The summed E-state index contributed by atoms with van der Waals surface area (Å²) in [6.07, 6.45) is 6.44. The quantitative estimate of drug-likeness (QED) is 0.456. The maximum Gasteiger partial charge on any atom is 0.272 e. The molecule has 1 unspecified atom stereocenters. The Morgan fingerprint density at radius 2 is 1.95 bits per heavy atom. The van der Waals surface area contributed by atoms with E-state index < -0.39 is 0 Å². The van der Waals surface area contributed by atoms with Crippen molar-refractivity contribution >= 4 is 11.3 Å². The molecule has 1 atom stereocenters. The maximum atomic E-state index is 11.2. The second-order valence-corrected chi connectivity index (χ2v) is 6.34. The zero-order valence-corrected chi connectivity index (χ0v) is 12.7. The SMILES string of the molecule is Cc1ccc(C2=C(C3CCCC3)CCC2N=O)cc1[N+](=O)[O-]. The minimum atomic E-state index is -0.354. The normalized spacial score (nSPS) is 22.3. The second-order valence-electron chi connectivity index (χ2n) is 6.34. The lowest BCUT2D eigenvalue weighted by Crippen LogP contribution is -2.05. The number of allylic oxidation sites excluding steroid dienone is 1. The Kier molecular flexibility index (Phi) is 4.05. The lowest BCUT2D eigenvalue weighted by Gasteiger charge is -2.15. The van der Waals surface area contributed by atoms with Crippen LogP contribution in [0.25, 0.3) is 5.57 Å². The molecule has 3 rings (SSSR count). The molecule has 0 bridgehead atoms. The molecule has 22 heavy (non-hydrogen) atoms. The smallest absolute Gasteiger partial charge is 0.258 e. The third-order valence-corrected chi connectivity index (χ3v) is 5.06. The molecule has 5 nitrogen and oxygen atoms in total. The van der Waals surface area contributed by atoms with Crippen LogP contribution in [0.2, 0.25) is 0 Å². The van der Waals surface area contributed by atoms with Gasteiger partial charge in [-0.2, -0.15) is 4.91 Å². The van der Waals surface area contributed by atoms with Crippen molar-refractivity contribution in [2.45, 2.75) is 51.5 Å². The highest BCUT2D eigenvalue weighted by molar-refractivity contribution is 5.77. The second kappa shape index (κ2) is 5.99. The predicted molar refractivity (Wildman–Crippen MR) is 85.5 cm³/mol. The molecule has 0 aromatic heterocycles. The summed E-state index contributed by atoms with van der Waals surface area (Å²) in [6, 6.07) is 4.93. The molecule has 2 aliphatic rings. The number of hydrogen-bond donors (Lipinski definition) is 0. The predicted octanol–water partition coefficient (Wildman–Crippen LogP) is 4.78. The third kappa shape index (κ3) is 2.56. The van der Waals surface area contributed by atoms with E-state index in [0.29, 0.717) is 11.5 Å². The van der Waals surface area contributed by atoms with E-state index in [1.54, 1.807) is 19.1 Å². The van der Waals surface area contributed by atoms with Gasteiger partial charge in [0.25, 0.3) is 5.69 Å². The van der Waals surface area contributed by atoms with Crippen molar-refractivity contribution < 1.29 is 4.92 Å². The van der Waals surface area contributed by atoms with E-state index >= 15 is 0 Å². The zero-order chi connectivity index (χ0) is 15.7. The van der Waals surface area contributed by atoms with Crippen LogP contribution in [-0.2, 0) is 0 Å². The largest absolute Gasteiger partial charge is 0.272 e. The van der Waals surface area contributed by atoms with E-state index in [2.05, 4.69) is 5.18 Å². The van der Waals surface area contributed by atoms with Gasteiger partial charge in [0.15, 0.2) is 0 Å². The van der Waals surface area contributed by atoms with E-state index in [1.807, 2.05) is 6.07 Å². The molecule has 0 spiro atoms. The van der Waals surface area contributed by atoms with Crippen LogP contribution in [-0.4, -0.2) is 11.0 Å². The summed E-state index contributed by atoms with van der Waals surface area (Å²) in [4.78, 5) is 22.0. The molecule has 0 aliphatic heterocycles. The van der Waals surface area contributed by atoms with Gasteiger partial charge in [-0.1, -0.05) is 35.7 Å². The summed E-state index contributed by atoms with van der Waals surface area (Å²) < 4.78 is 0. The number of aryl methyl sites for hydroxylation is 1. The first kappa shape index (κ1) is 14.9. The molecule has 1 saturated carbocycles. The van der Waals surface area contributed by atoms with Crippen molar-refractivity contribution in [3.05, 3.63) is 49.9 Å². The molecule has 2 aliphatic carbocycles. The van der Waals surface area contributed by atoms with Gasteiger partial charge in [-0.3, -0.25) is 10.1 Å². The van der Waals surface area contributed by atoms with Crippen LogP contribution < -0.4 is 0 Å². The minimum Gasteiger partial charge on any atom is -0.258 e. The van der Waals surface area contributed by atoms with Gasteiger partial charge in [-0.15, -0.1) is 0 Å². The fourth-order valence-electron chi connectivity index (χ4n) is 3.94. The van der Waals surface area contributed by atoms with E-state index in [9.17, 15) is 15.0 Å². The zero-order valence-electron chi connectivity index (χ0n) is 12.7. The van der Waals surface area contributed by atoms with Gasteiger partial charge in [0.2, 0.25) is 0 Å². The standard InChI is InChI=1S/C17H20N2O3/c1-11-6-7-13(10-16(11)19(21)22)17-14(8-9-15(17)18-20)12-4-2-3-5-12/h6-7,10,12,15H,2-5,8-9H2,1H3. The Bertz CT molecular complexity index is 645. The summed E-state index contributed by atoms with van der Waals surface area (Å²) >= 11 is 0. The maximum absolute atomic E-state index is 11.2. The first-order valence-electron chi connectivity index (χ1n) is 7.92. The minimum absolute atomic E-state index is 0.118. The van der Waals surface area contributed by atoms with Crippen LogP contribution in [0, 0.1) is 27.9 Å². The van der Waals surface area contributed by atoms with Crippen LogP contribution >= 0.6 is 0 Å². The fraction of sp³-hybridized carbons (Fsp3) is 0.529. The van der Waals surface area contributed by atoms with Gasteiger partial charge in [-0.05, 0) is 49.7 Å². The highest BCUT2D eigenvalue weighted by Gasteiger charge is 2.33. The monoisotopic (exact) mass is 300 g/mol. The van der Waals surface area contributed by atoms with E-state index in [4.69, 9.17) is 0 Å². The van der Waals surface area contributed by atoms with Gasteiger partial charge < -0.3 is 0 Å². The topological polar surface area (TPSA) is 72.6 Å². The Labute approximate surface area is 129 Å². The van der Waals surface area contributed by atoms with Crippen LogP contribution in [0.15, 0.2) is 28.9 Å². The Morgan fingerprint density at radius 3 is 2.59 bits per heavy atom. The van der Waals surface area contributed by atoms with Gasteiger partial charge in [0, 0.05) is 11.6 Å². The molecule has 0 saturated heterocycles. The Hall–Kier alpha value is -2.04. The number of rotatable bonds is 4. The number of nitro groups is 1. The van der Waals surface area contributed by atoms with Crippen molar-refractivity contribution in [2.24, 2.45) is 11.1 Å². The van der Waals surface area contributed by atoms with Gasteiger partial charge in [0.1, 0.15) is 6.04 Å². The van der Waals surface area contributed by atoms with Crippen LogP contribution in [0.1, 0.15) is 49.7 Å². The van der Waals surface area contributed by atoms with Gasteiger partial charge in [-0.25, -0.2) is 0 Å². The molecule has 0 N–H and O–H groups in total. The molecule has 1 aromatic rings. The van der Waals surface area contributed by atoms with E-state index in [-0.39, 0.29) is 16.7 Å². The molecule has 0 radical (unpaired) electrons. The molecular formula is C17H20N2O3. The summed E-state index contributed by atoms with van der Waals surface area (Å²) in [5, 5.41) is 14.5. The van der Waals surface area contributed by atoms with Crippen molar-refractivity contribution in [1.29, 1.82) is 0 Å². The van der Waals surface area contributed by atoms with Gasteiger partial charge >= 0.3 is 0 Å². The van der Waals surface area contributed by atoms with Crippen molar-refractivity contribution in [3.63, 3.8) is 0 Å². The van der Waals surface area contributed by atoms with Crippen molar-refractivity contribution in [2.75, 3.05) is 0 Å².